The number of halogens is 33. The third-order valence-electron chi connectivity index (χ3n) is 11.5. The Morgan fingerprint density at radius 2 is 0.223 bits per heavy atom. The molecule has 0 bridgehead atoms. The maximum absolute atomic E-state index is 14.1. The smallest absolute Gasteiger partial charge is 0.203 e. The van der Waals surface area contributed by atoms with E-state index < -0.39 is 320 Å². The van der Waals surface area contributed by atoms with Crippen molar-refractivity contribution in [3.8, 4) is 0 Å². The Kier molecular flexibility index (Phi) is 30.6. The maximum Gasteiger partial charge on any atom is 0.512 e. The van der Waals surface area contributed by atoms with Gasteiger partial charge in [0.15, 0.2) is 0 Å². The van der Waals surface area contributed by atoms with Crippen LogP contribution in [-0.2, 0) is 110 Å². The van der Waals surface area contributed by atoms with Gasteiger partial charge in [-0.05, 0) is 6.42 Å². The van der Waals surface area contributed by atoms with E-state index in [4.69, 9.17) is 0 Å². The first-order valence-corrected chi connectivity index (χ1v) is 39.6. The summed E-state index contributed by atoms with van der Waals surface area (Å²) in [4.78, 5) is 0. The van der Waals surface area contributed by atoms with Crippen molar-refractivity contribution in [1.29, 1.82) is 0 Å². The van der Waals surface area contributed by atoms with E-state index in [1.807, 2.05) is 0 Å². The van der Waals surface area contributed by atoms with Crippen molar-refractivity contribution in [2.45, 2.75) is 67.0 Å². The molecule has 0 aliphatic heterocycles. The van der Waals surface area contributed by atoms with Crippen LogP contribution in [-0.4, -0.2) is 295 Å². The van der Waals surface area contributed by atoms with Crippen LogP contribution < -0.4 is 0 Å². The zero-order valence-electron chi connectivity index (χ0n) is 47.5. The summed E-state index contributed by atoms with van der Waals surface area (Å²) >= 11 is 0. The van der Waals surface area contributed by atoms with Crippen LogP contribution in [0.1, 0.15) is 6.42 Å². The Bertz CT molecular complexity index is 4200. The van der Waals surface area contributed by atoms with Gasteiger partial charge in [-0.15, -0.1) is 0 Å². The molecular weight excluding hydrogens is 1790 g/mol. The van der Waals surface area contributed by atoms with E-state index in [9.17, 15) is 237 Å². The molecule has 0 spiro atoms. The highest BCUT2D eigenvalue weighted by molar-refractivity contribution is 8.05. The number of alkyl halides is 33. The minimum absolute atomic E-state index is 1.61. The van der Waals surface area contributed by atoms with Gasteiger partial charge < -0.3 is 0 Å². The van der Waals surface area contributed by atoms with E-state index in [1.165, 1.54) is 0 Å². The van der Waals surface area contributed by atoms with Gasteiger partial charge in [-0.1, -0.05) is 7.42 Å². The molecule has 0 aliphatic rings. The van der Waals surface area contributed by atoms with Crippen molar-refractivity contribution in [3.05, 3.63) is 0 Å². The molecule has 0 unspecified atom stereocenters. The minimum Gasteiger partial charge on any atom is -0.203 e. The molecule has 0 aromatic carbocycles. The van der Waals surface area contributed by atoms with E-state index in [2.05, 4.69) is 0 Å². The van der Waals surface area contributed by atoms with Crippen LogP contribution in [0.5, 0.6) is 0 Å². The minimum atomic E-state index is -8.19. The molecule has 0 rings (SSSR count). The van der Waals surface area contributed by atoms with Crippen LogP contribution in [0.2, 0.25) is 0 Å². The zero-order chi connectivity index (χ0) is 83.2. The molecule has 0 saturated heterocycles. The van der Waals surface area contributed by atoms with E-state index >= 15 is 0 Å². The first-order valence-electron chi connectivity index (χ1n) is 23.7. The third-order valence-corrected chi connectivity index (χ3v) is 30.5. The molecule has 0 saturated carbocycles. The second-order valence-corrected chi connectivity index (χ2v) is 39.5. The second kappa shape index (κ2) is 31.6. The van der Waals surface area contributed by atoms with Crippen molar-refractivity contribution in [2.75, 3.05) is 105 Å². The molecule has 0 aromatic rings. The highest BCUT2D eigenvalue weighted by atomic mass is 32.3. The van der Waals surface area contributed by atoms with Crippen LogP contribution in [0.4, 0.5) is 145 Å². The molecule has 0 fully saturated rings. The summed E-state index contributed by atoms with van der Waals surface area (Å²) in [5.41, 5.74) is -79.2. The molecule has 0 amide bonds. The predicted octanol–water partition coefficient (Wildman–Crippen LogP) is 2.44. The van der Waals surface area contributed by atoms with Crippen molar-refractivity contribution in [1.82, 2.24) is 37.6 Å². The zero-order valence-corrected chi connectivity index (χ0v) is 56.5. The lowest BCUT2D eigenvalue weighted by Gasteiger charge is -2.32. The fourth-order valence-corrected chi connectivity index (χ4v) is 18.6. The lowest BCUT2D eigenvalue weighted by Crippen LogP contribution is -2.54. The summed E-state index contributed by atoms with van der Waals surface area (Å²) in [7, 11) is -87.0. The summed E-state index contributed by atoms with van der Waals surface area (Å²) in [6, 6.07) is 0. The van der Waals surface area contributed by atoms with Crippen molar-refractivity contribution >= 4 is 110 Å². The Labute approximate surface area is 554 Å². The lowest BCUT2D eigenvalue weighted by atomic mass is 10.4. The molecule has 0 atom stereocenters. The van der Waals surface area contributed by atoms with E-state index in [1.54, 1.807) is 0 Å². The summed E-state index contributed by atoms with van der Waals surface area (Å²) < 4.78 is 702. The molecule has 0 heterocycles. The average Bonchev–Trinajstić information content (AvgIpc) is 0.755. The average molecular weight is 1830 g/mol. The molecule has 0 N–H and O–H groups in total. The van der Waals surface area contributed by atoms with Gasteiger partial charge in [-0.25, -0.2) is 92.6 Å². The molecule has 103 heavy (non-hydrogen) atoms. The van der Waals surface area contributed by atoms with Crippen LogP contribution in [0.15, 0.2) is 0 Å². The predicted molar refractivity (Wildman–Crippen MR) is 264 cm³/mol. The normalized spacial score (nSPS) is 16.0. The van der Waals surface area contributed by atoms with E-state index in [0.717, 1.165) is 0 Å². The molecule has 75 heteroatoms. The second-order valence-electron chi connectivity index (χ2n) is 18.1. The third kappa shape index (κ3) is 22.5. The number of sulfonamides is 11. The molecule has 620 valence electrons. The van der Waals surface area contributed by atoms with Crippen LogP contribution in [0.25, 0.3) is 0 Å². The summed E-state index contributed by atoms with van der Waals surface area (Å²) in [5.74, 6) is 0. The fraction of sp³-hybridized carbons (Fsp3) is 1.00. The number of hydrogen-bond donors (Lipinski definition) is 0. The van der Waals surface area contributed by atoms with Gasteiger partial charge >= 0.3 is 171 Å². The highest BCUT2D eigenvalue weighted by Crippen LogP contribution is 2.40. The highest BCUT2D eigenvalue weighted by Gasteiger charge is 2.65. The first-order chi connectivity index (χ1) is 44.5. The lowest BCUT2D eigenvalue weighted by molar-refractivity contribution is -0.0547. The monoisotopic (exact) mass is 1830 g/mol. The van der Waals surface area contributed by atoms with E-state index in [-0.39, 0.29) is 0 Å². The van der Waals surface area contributed by atoms with Gasteiger partial charge in [0.05, 0.1) is 0 Å². The summed E-state index contributed by atoms with van der Waals surface area (Å²) in [6.45, 7) is -48.5. The van der Waals surface area contributed by atoms with Gasteiger partial charge in [0, 0.05) is 105 Å². The van der Waals surface area contributed by atoms with Crippen molar-refractivity contribution in [2.24, 2.45) is 0 Å². The largest absolute Gasteiger partial charge is 0.512 e. The fourth-order valence-electron chi connectivity index (χ4n) is 6.62. The maximum atomic E-state index is 14.1. The van der Waals surface area contributed by atoms with Gasteiger partial charge in [0.2, 0.25) is 0 Å². The molecule has 0 aromatic heterocycles. The van der Waals surface area contributed by atoms with Gasteiger partial charge in [0.25, 0.3) is 0 Å². The van der Waals surface area contributed by atoms with Crippen LogP contribution in [0.3, 0.4) is 0 Å². The molecular formula is C28H34F33N9O22S11. The van der Waals surface area contributed by atoms with Gasteiger partial charge in [-0.2, -0.15) is 175 Å². The number of hydrogen-bond acceptors (Lipinski definition) is 22. The molecule has 31 nitrogen and oxygen atoms in total. The van der Waals surface area contributed by atoms with Crippen LogP contribution in [0, 0.1) is 0 Å². The number of rotatable bonds is 36. The Morgan fingerprint density at radius 3 is 0.320 bits per heavy atom. The Morgan fingerprint density at radius 1 is 0.136 bits per heavy atom. The quantitative estimate of drug-likeness (QED) is 0.0813. The Hall–Kier alpha value is -3.22. The SMILES string of the molecule is O=S(=O)(N(CCCN(CCN(S(=O)(=O)C(F)(F)F)S(=O)(=O)C(F)(F)F)S(=O)(=O)C(F)(F)F)CCN(CCN(CCN(CCN(CCN(CCN(S(=O)(=O)C(F)(F)F)S(=O)(=O)C(F)(F)F)S(=O)(=O)C(F)(F)F)S(=O)(=O)C(F)(F)F)S(=O)(=O)C(F)(F)F)S(=O)(=O)C(F)(F)F)S(=O)(=O)C(F)(F)F)C(F)(F)F. The van der Waals surface area contributed by atoms with Gasteiger partial charge in [-0.3, -0.25) is 0 Å². The standard InChI is InChI=1S/C28H34F33N9O22S11/c29-18(30,31)93(71,72)62(2-1-3-63(94(73,74)19(32,33)34)14-16-69(100(85,86)25(50,51)52)101(87,88)26(53,54)55)4-5-64(95(75,76)20(35,36)37)6-7-65(96(77,78)21(38,39)40)8-9-66(97(79,80)22(41,42)43)10-11-67(98(81,82)23(44,45)46)12-13-68(99(83,84)24(47,48)49)15-17-70(102(89,90)27(56,57)58)103(91,92)28(59,60)61/h1-17H2. The first kappa shape index (κ1) is 99.8. The van der Waals surface area contributed by atoms with E-state index in [0.29, 0.717) is 0 Å². The van der Waals surface area contributed by atoms with Crippen molar-refractivity contribution < 1.29 is 237 Å². The van der Waals surface area contributed by atoms with Crippen molar-refractivity contribution in [3.63, 3.8) is 0 Å². The van der Waals surface area contributed by atoms with Gasteiger partial charge in [0.1, 0.15) is 0 Å². The van der Waals surface area contributed by atoms with Crippen LogP contribution >= 0.6 is 0 Å². The molecule has 0 radical (unpaired) electrons. The Balaban J connectivity index is 8.21. The topological polar surface area (TPSA) is 405 Å². The summed E-state index contributed by atoms with van der Waals surface area (Å²) in [6.07, 6.45) is -2.34. The number of nitrogens with zero attached hydrogens (tertiary/aromatic N) is 9. The molecule has 0 aliphatic carbocycles. The summed E-state index contributed by atoms with van der Waals surface area (Å²) in [5, 5.41) is 0.